The largest absolute Gasteiger partial charge is 0.490 e. The van der Waals surface area contributed by atoms with Crippen LogP contribution in [0.25, 0.3) is 0 Å². The van der Waals surface area contributed by atoms with Crippen molar-refractivity contribution in [2.45, 2.75) is 20.8 Å². The molecule has 0 spiro atoms. The van der Waals surface area contributed by atoms with Gasteiger partial charge in [-0.1, -0.05) is 0 Å². The fraction of sp³-hybridized carbons (Fsp3) is 0.462. The van der Waals surface area contributed by atoms with Gasteiger partial charge < -0.3 is 15.0 Å². The molecule has 2 N–H and O–H groups in total. The van der Waals surface area contributed by atoms with E-state index in [0.29, 0.717) is 17.4 Å². The van der Waals surface area contributed by atoms with Crippen LogP contribution in [0.4, 0.5) is 17.5 Å². The Balaban J connectivity index is 2.35. The standard InChI is InChI=1S/C13H20N6O/c1-5-19(6-2)13-11(20-4)12(14-8-15-13)16-10-7-9(3)17-18-10/h7-8H,5-6H2,1-4H3,(H2,14,15,16,17,18). The molecular weight excluding hydrogens is 256 g/mol. The Morgan fingerprint density at radius 1 is 1.30 bits per heavy atom. The van der Waals surface area contributed by atoms with Gasteiger partial charge in [-0.05, 0) is 20.8 Å². The number of rotatable bonds is 6. The lowest BCUT2D eigenvalue weighted by atomic mass is 10.4. The molecule has 0 saturated carbocycles. The molecule has 0 fully saturated rings. The van der Waals surface area contributed by atoms with Crippen molar-refractivity contribution in [1.82, 2.24) is 20.2 Å². The predicted octanol–water partition coefficient (Wildman–Crippen LogP) is 2.11. The molecule has 7 heteroatoms. The lowest BCUT2D eigenvalue weighted by molar-refractivity contribution is 0.412. The summed E-state index contributed by atoms with van der Waals surface area (Å²) in [5, 5.41) is 10.2. The Morgan fingerprint density at radius 2 is 2.05 bits per heavy atom. The molecule has 0 aliphatic heterocycles. The summed E-state index contributed by atoms with van der Waals surface area (Å²) >= 11 is 0. The second kappa shape index (κ2) is 6.23. The summed E-state index contributed by atoms with van der Waals surface area (Å²) in [7, 11) is 1.62. The highest BCUT2D eigenvalue weighted by Gasteiger charge is 2.16. The molecule has 2 rings (SSSR count). The Hall–Kier alpha value is -2.31. The monoisotopic (exact) mass is 276 g/mol. The van der Waals surface area contributed by atoms with Gasteiger partial charge in [-0.2, -0.15) is 5.10 Å². The van der Waals surface area contributed by atoms with E-state index >= 15 is 0 Å². The quantitative estimate of drug-likeness (QED) is 0.841. The first kappa shape index (κ1) is 14.1. The molecule has 2 aromatic heterocycles. The van der Waals surface area contributed by atoms with Crippen molar-refractivity contribution in [1.29, 1.82) is 0 Å². The number of aromatic amines is 1. The summed E-state index contributed by atoms with van der Waals surface area (Å²) in [6.07, 6.45) is 1.53. The molecule has 2 aromatic rings. The second-order valence-corrected chi connectivity index (χ2v) is 4.31. The first-order valence-electron chi connectivity index (χ1n) is 6.62. The Labute approximate surface area is 118 Å². The topological polar surface area (TPSA) is 79.0 Å². The van der Waals surface area contributed by atoms with E-state index in [9.17, 15) is 0 Å². The smallest absolute Gasteiger partial charge is 0.204 e. The van der Waals surface area contributed by atoms with Crippen LogP contribution in [0, 0.1) is 6.92 Å². The molecule has 0 aliphatic carbocycles. The molecule has 20 heavy (non-hydrogen) atoms. The van der Waals surface area contributed by atoms with Crippen LogP contribution in [-0.2, 0) is 0 Å². The molecule has 108 valence electrons. The number of hydrogen-bond donors (Lipinski definition) is 2. The van der Waals surface area contributed by atoms with Crippen LogP contribution in [0.2, 0.25) is 0 Å². The van der Waals surface area contributed by atoms with Crippen molar-refractivity contribution in [3.05, 3.63) is 18.1 Å². The van der Waals surface area contributed by atoms with Crippen molar-refractivity contribution in [3.63, 3.8) is 0 Å². The van der Waals surface area contributed by atoms with Crippen molar-refractivity contribution in [2.24, 2.45) is 0 Å². The molecule has 0 radical (unpaired) electrons. The van der Waals surface area contributed by atoms with Crippen LogP contribution in [0.15, 0.2) is 12.4 Å². The Morgan fingerprint density at radius 3 is 2.60 bits per heavy atom. The summed E-state index contributed by atoms with van der Waals surface area (Å²) in [5.74, 6) is 2.71. The molecule has 2 heterocycles. The Kier molecular flexibility index (Phi) is 4.39. The van der Waals surface area contributed by atoms with Crippen molar-refractivity contribution in [3.8, 4) is 5.75 Å². The van der Waals surface area contributed by atoms with E-state index in [-0.39, 0.29) is 0 Å². The number of nitrogens with one attached hydrogen (secondary N) is 2. The molecule has 0 unspecified atom stereocenters. The van der Waals surface area contributed by atoms with E-state index in [4.69, 9.17) is 4.74 Å². The minimum absolute atomic E-state index is 0.607. The maximum atomic E-state index is 5.47. The SMILES string of the molecule is CCN(CC)c1ncnc(Nc2cc(C)[nH]n2)c1OC. The summed E-state index contributed by atoms with van der Waals surface area (Å²) in [6.45, 7) is 7.80. The molecule has 0 amide bonds. The van der Waals surface area contributed by atoms with Crippen LogP contribution in [0.1, 0.15) is 19.5 Å². The van der Waals surface area contributed by atoms with Gasteiger partial charge in [-0.3, -0.25) is 5.10 Å². The van der Waals surface area contributed by atoms with E-state index in [1.807, 2.05) is 13.0 Å². The predicted molar refractivity (Wildman–Crippen MR) is 78.8 cm³/mol. The summed E-state index contributed by atoms with van der Waals surface area (Å²) in [6, 6.07) is 1.90. The molecule has 0 saturated heterocycles. The number of ether oxygens (including phenoxy) is 1. The molecular formula is C13H20N6O. The van der Waals surface area contributed by atoms with Crippen molar-refractivity contribution in [2.75, 3.05) is 30.4 Å². The fourth-order valence-corrected chi connectivity index (χ4v) is 1.99. The second-order valence-electron chi connectivity index (χ2n) is 4.31. The third kappa shape index (κ3) is 2.81. The van der Waals surface area contributed by atoms with Crippen LogP contribution < -0.4 is 15.0 Å². The summed E-state index contributed by atoms with van der Waals surface area (Å²) in [5.41, 5.74) is 0.976. The third-order valence-corrected chi connectivity index (χ3v) is 3.00. The minimum Gasteiger partial charge on any atom is -0.490 e. The van der Waals surface area contributed by atoms with Gasteiger partial charge in [0.25, 0.3) is 0 Å². The van der Waals surface area contributed by atoms with E-state index in [1.165, 1.54) is 6.33 Å². The average molecular weight is 276 g/mol. The number of hydrogen-bond acceptors (Lipinski definition) is 6. The third-order valence-electron chi connectivity index (χ3n) is 3.00. The van der Waals surface area contributed by atoms with E-state index in [1.54, 1.807) is 7.11 Å². The normalized spacial score (nSPS) is 10.4. The number of aryl methyl sites for hydroxylation is 1. The van der Waals surface area contributed by atoms with Gasteiger partial charge in [0.05, 0.1) is 7.11 Å². The van der Waals surface area contributed by atoms with Gasteiger partial charge in [0, 0.05) is 24.8 Å². The van der Waals surface area contributed by atoms with Gasteiger partial charge in [-0.15, -0.1) is 0 Å². The summed E-state index contributed by atoms with van der Waals surface area (Å²) < 4.78 is 5.47. The van der Waals surface area contributed by atoms with Gasteiger partial charge in [0.2, 0.25) is 5.75 Å². The Bertz CT molecular complexity index is 564. The number of anilines is 3. The van der Waals surface area contributed by atoms with Gasteiger partial charge in [0.1, 0.15) is 6.33 Å². The van der Waals surface area contributed by atoms with E-state index < -0.39 is 0 Å². The number of methoxy groups -OCH3 is 1. The fourth-order valence-electron chi connectivity index (χ4n) is 1.99. The van der Waals surface area contributed by atoms with E-state index in [0.717, 1.165) is 24.6 Å². The lowest BCUT2D eigenvalue weighted by Crippen LogP contribution is -2.24. The van der Waals surface area contributed by atoms with Crippen LogP contribution >= 0.6 is 0 Å². The van der Waals surface area contributed by atoms with Gasteiger partial charge >= 0.3 is 0 Å². The van der Waals surface area contributed by atoms with Crippen molar-refractivity contribution < 1.29 is 4.74 Å². The number of aromatic nitrogens is 4. The zero-order valence-electron chi connectivity index (χ0n) is 12.3. The number of H-pyrrole nitrogens is 1. The first-order valence-corrected chi connectivity index (χ1v) is 6.62. The molecule has 0 aliphatic rings. The zero-order chi connectivity index (χ0) is 14.5. The zero-order valence-corrected chi connectivity index (χ0v) is 12.3. The number of nitrogens with zero attached hydrogens (tertiary/aromatic N) is 4. The van der Waals surface area contributed by atoms with Crippen LogP contribution in [-0.4, -0.2) is 40.4 Å². The first-order chi connectivity index (χ1) is 9.69. The highest BCUT2D eigenvalue weighted by molar-refractivity contribution is 5.68. The van der Waals surface area contributed by atoms with Crippen LogP contribution in [0.5, 0.6) is 5.75 Å². The lowest BCUT2D eigenvalue weighted by Gasteiger charge is -2.22. The maximum Gasteiger partial charge on any atom is 0.204 e. The average Bonchev–Trinajstić information content (AvgIpc) is 2.86. The maximum absolute atomic E-state index is 5.47. The highest BCUT2D eigenvalue weighted by atomic mass is 16.5. The van der Waals surface area contributed by atoms with Crippen LogP contribution in [0.3, 0.4) is 0 Å². The van der Waals surface area contributed by atoms with Crippen molar-refractivity contribution >= 4 is 17.5 Å². The molecule has 0 bridgehead atoms. The van der Waals surface area contributed by atoms with Gasteiger partial charge in [0.15, 0.2) is 17.5 Å². The summed E-state index contributed by atoms with van der Waals surface area (Å²) in [4.78, 5) is 10.7. The van der Waals surface area contributed by atoms with E-state index in [2.05, 4.69) is 44.2 Å². The molecule has 7 nitrogen and oxygen atoms in total. The highest BCUT2D eigenvalue weighted by Crippen LogP contribution is 2.33. The molecule has 0 atom stereocenters. The molecule has 0 aromatic carbocycles. The minimum atomic E-state index is 0.607. The van der Waals surface area contributed by atoms with Gasteiger partial charge in [-0.25, -0.2) is 9.97 Å².